The number of hydrogen-bond donors (Lipinski definition) is 2. The Labute approximate surface area is 126 Å². The van der Waals surface area contributed by atoms with Crippen molar-refractivity contribution in [3.63, 3.8) is 0 Å². The van der Waals surface area contributed by atoms with E-state index < -0.39 is 32.9 Å². The van der Waals surface area contributed by atoms with Crippen LogP contribution in [-0.2, 0) is 21.4 Å². The number of benzene rings is 1. The highest BCUT2D eigenvalue weighted by atomic mass is 79.9. The van der Waals surface area contributed by atoms with Crippen molar-refractivity contribution in [3.8, 4) is 0 Å². The molecular weight excluding hydrogens is 353 g/mol. The number of methoxy groups -OCH3 is 1. The van der Waals surface area contributed by atoms with Gasteiger partial charge in [-0.05, 0) is 26.0 Å². The molecule has 0 fully saturated rings. The lowest BCUT2D eigenvalue weighted by Gasteiger charge is -2.25. The smallest absolute Gasteiger partial charge is 0.244 e. The summed E-state index contributed by atoms with van der Waals surface area (Å²) in [6, 6.07) is 2.48. The number of rotatable bonds is 6. The molecule has 0 unspecified atom stereocenters. The second kappa shape index (κ2) is 6.48. The minimum atomic E-state index is -4.07. The number of halogens is 2. The number of aliphatic hydroxyl groups excluding tert-OH is 1. The van der Waals surface area contributed by atoms with Crippen LogP contribution in [-0.4, -0.2) is 32.8 Å². The number of nitrogens with one attached hydrogen (secondary N) is 1. The first-order valence-electron chi connectivity index (χ1n) is 5.74. The van der Waals surface area contributed by atoms with Gasteiger partial charge in [0.2, 0.25) is 10.0 Å². The third-order valence-electron chi connectivity index (χ3n) is 2.46. The fraction of sp³-hybridized carbons (Fsp3) is 0.500. The number of hydrogen-bond acceptors (Lipinski definition) is 4. The summed E-state index contributed by atoms with van der Waals surface area (Å²) >= 11 is 3.10. The monoisotopic (exact) mass is 369 g/mol. The van der Waals surface area contributed by atoms with Gasteiger partial charge in [0, 0.05) is 17.1 Å². The molecule has 1 rings (SSSR count). The van der Waals surface area contributed by atoms with Crippen LogP contribution in [0.5, 0.6) is 0 Å². The van der Waals surface area contributed by atoms with Gasteiger partial charge in [0.25, 0.3) is 0 Å². The Bertz CT molecular complexity index is 589. The maximum Gasteiger partial charge on any atom is 0.244 e. The van der Waals surface area contributed by atoms with Gasteiger partial charge in [0.1, 0.15) is 10.7 Å². The van der Waals surface area contributed by atoms with Crippen LogP contribution in [0.25, 0.3) is 0 Å². The SMILES string of the molecule is COCC(C)(C)NS(=O)(=O)c1cc(Br)cc(CO)c1F. The van der Waals surface area contributed by atoms with Crippen LogP contribution < -0.4 is 4.72 Å². The van der Waals surface area contributed by atoms with E-state index >= 15 is 0 Å². The van der Waals surface area contributed by atoms with E-state index in [0.717, 1.165) is 6.07 Å². The maximum atomic E-state index is 14.1. The Kier molecular flexibility index (Phi) is 5.68. The quantitative estimate of drug-likeness (QED) is 0.801. The topological polar surface area (TPSA) is 75.6 Å². The van der Waals surface area contributed by atoms with E-state index in [1.54, 1.807) is 13.8 Å². The lowest BCUT2D eigenvalue weighted by molar-refractivity contribution is 0.141. The van der Waals surface area contributed by atoms with Crippen molar-refractivity contribution in [1.29, 1.82) is 0 Å². The summed E-state index contributed by atoms with van der Waals surface area (Å²) in [5.41, 5.74) is -0.980. The van der Waals surface area contributed by atoms with Gasteiger partial charge in [-0.1, -0.05) is 15.9 Å². The first-order chi connectivity index (χ1) is 9.13. The molecule has 0 saturated heterocycles. The van der Waals surface area contributed by atoms with Crippen LogP contribution in [0.3, 0.4) is 0 Å². The van der Waals surface area contributed by atoms with E-state index in [0.29, 0.717) is 4.47 Å². The van der Waals surface area contributed by atoms with E-state index in [4.69, 9.17) is 9.84 Å². The molecule has 20 heavy (non-hydrogen) atoms. The van der Waals surface area contributed by atoms with Gasteiger partial charge in [-0.2, -0.15) is 0 Å². The summed E-state index contributed by atoms with van der Waals surface area (Å²) in [5, 5.41) is 9.05. The number of aliphatic hydroxyl groups is 1. The molecule has 0 amide bonds. The largest absolute Gasteiger partial charge is 0.392 e. The maximum absolute atomic E-state index is 14.1. The van der Waals surface area contributed by atoms with Crippen LogP contribution >= 0.6 is 15.9 Å². The average molecular weight is 370 g/mol. The van der Waals surface area contributed by atoms with Crippen molar-refractivity contribution < 1.29 is 22.7 Å². The minimum Gasteiger partial charge on any atom is -0.392 e. The first kappa shape index (κ1) is 17.5. The van der Waals surface area contributed by atoms with Gasteiger partial charge < -0.3 is 9.84 Å². The molecule has 0 aliphatic rings. The van der Waals surface area contributed by atoms with Crippen LogP contribution in [0.4, 0.5) is 4.39 Å². The molecule has 114 valence electrons. The Morgan fingerprint density at radius 3 is 2.55 bits per heavy atom. The number of sulfonamides is 1. The highest BCUT2D eigenvalue weighted by Crippen LogP contribution is 2.25. The number of ether oxygens (including phenoxy) is 1. The summed E-state index contributed by atoms with van der Waals surface area (Å²) in [4.78, 5) is -0.514. The fourth-order valence-corrected chi connectivity index (χ4v) is 3.94. The molecule has 0 aliphatic carbocycles. The third kappa shape index (κ3) is 4.23. The first-order valence-corrected chi connectivity index (χ1v) is 8.02. The summed E-state index contributed by atoms with van der Waals surface area (Å²) in [5.74, 6) is -0.962. The van der Waals surface area contributed by atoms with E-state index in [1.807, 2.05) is 0 Å². The van der Waals surface area contributed by atoms with Gasteiger partial charge in [-0.25, -0.2) is 17.5 Å². The molecule has 1 aromatic carbocycles. The van der Waals surface area contributed by atoms with Crippen molar-refractivity contribution >= 4 is 26.0 Å². The second-order valence-corrected chi connectivity index (χ2v) is 7.52. The van der Waals surface area contributed by atoms with Crippen LogP contribution in [0, 0.1) is 5.82 Å². The predicted molar refractivity (Wildman–Crippen MR) is 76.3 cm³/mol. The van der Waals surface area contributed by atoms with Gasteiger partial charge >= 0.3 is 0 Å². The van der Waals surface area contributed by atoms with Crippen LogP contribution in [0.15, 0.2) is 21.5 Å². The zero-order valence-electron chi connectivity index (χ0n) is 11.4. The van der Waals surface area contributed by atoms with Crippen molar-refractivity contribution in [2.45, 2.75) is 30.9 Å². The van der Waals surface area contributed by atoms with Gasteiger partial charge in [-0.3, -0.25) is 0 Å². The Balaban J connectivity index is 3.26. The van der Waals surface area contributed by atoms with Gasteiger partial charge in [-0.15, -0.1) is 0 Å². The summed E-state index contributed by atoms with van der Waals surface area (Å²) in [7, 11) is -2.63. The molecule has 0 bridgehead atoms. The van der Waals surface area contributed by atoms with Crippen LogP contribution in [0.1, 0.15) is 19.4 Å². The van der Waals surface area contributed by atoms with Crippen molar-refractivity contribution in [1.82, 2.24) is 4.72 Å². The lowest BCUT2D eigenvalue weighted by Crippen LogP contribution is -2.46. The molecular formula is C12H17BrFNO4S. The van der Waals surface area contributed by atoms with Crippen molar-refractivity contribution in [2.24, 2.45) is 0 Å². The van der Waals surface area contributed by atoms with Gasteiger partial charge in [0.05, 0.1) is 18.8 Å². The molecule has 5 nitrogen and oxygen atoms in total. The third-order valence-corrected chi connectivity index (χ3v) is 4.61. The highest BCUT2D eigenvalue weighted by molar-refractivity contribution is 9.10. The normalized spacial score (nSPS) is 12.7. The van der Waals surface area contributed by atoms with Crippen molar-refractivity contribution in [2.75, 3.05) is 13.7 Å². The molecule has 0 radical (unpaired) electrons. The summed E-state index contributed by atoms with van der Waals surface area (Å²) in [6.07, 6.45) is 0. The second-order valence-electron chi connectivity index (χ2n) is 4.96. The predicted octanol–water partition coefficient (Wildman–Crippen LogP) is 1.78. The molecule has 0 heterocycles. The average Bonchev–Trinajstić information content (AvgIpc) is 2.29. The molecule has 0 saturated carbocycles. The molecule has 2 N–H and O–H groups in total. The molecule has 8 heteroatoms. The Morgan fingerprint density at radius 2 is 2.05 bits per heavy atom. The molecule has 0 spiro atoms. The molecule has 0 aliphatic heterocycles. The summed E-state index contributed by atoms with van der Waals surface area (Å²) in [6.45, 7) is 2.79. The van der Waals surface area contributed by atoms with E-state index in [1.165, 1.54) is 13.2 Å². The zero-order valence-corrected chi connectivity index (χ0v) is 13.8. The Morgan fingerprint density at radius 1 is 1.45 bits per heavy atom. The standard InChI is InChI=1S/C12H17BrFNO4S/c1-12(2,7-19-3)15-20(17,18)10-5-9(13)4-8(6-16)11(10)14/h4-5,15-16H,6-7H2,1-3H3. The summed E-state index contributed by atoms with van der Waals surface area (Å²) < 4.78 is 46.2. The van der Waals surface area contributed by atoms with E-state index in [2.05, 4.69) is 20.7 Å². The fourth-order valence-electron chi connectivity index (χ4n) is 1.74. The van der Waals surface area contributed by atoms with Gasteiger partial charge in [0.15, 0.2) is 0 Å². The molecule has 1 aromatic rings. The van der Waals surface area contributed by atoms with Crippen molar-refractivity contribution in [3.05, 3.63) is 28.0 Å². The van der Waals surface area contributed by atoms with Crippen LogP contribution in [0.2, 0.25) is 0 Å². The highest BCUT2D eigenvalue weighted by Gasteiger charge is 2.29. The zero-order chi connectivity index (χ0) is 15.6. The minimum absolute atomic E-state index is 0.0932. The molecule has 0 aromatic heterocycles. The molecule has 0 atom stereocenters. The Hall–Kier alpha value is -0.540. The van der Waals surface area contributed by atoms with E-state index in [9.17, 15) is 12.8 Å². The van der Waals surface area contributed by atoms with E-state index in [-0.39, 0.29) is 12.2 Å². The lowest BCUT2D eigenvalue weighted by atomic mass is 10.1.